The van der Waals surface area contributed by atoms with Gasteiger partial charge in [0, 0.05) is 29.1 Å². The molecule has 0 aliphatic carbocycles. The molecule has 1 atom stereocenters. The van der Waals surface area contributed by atoms with Gasteiger partial charge in [0.2, 0.25) is 5.91 Å². The van der Waals surface area contributed by atoms with Crippen LogP contribution in [0.25, 0.3) is 0 Å². The standard InChI is InChI=1S/C16H18N4O2S/c1-9-5-4-6-13(17-9)19-14(21)7-12-8-23-16-18-11(3)10(2)15(22)20(12)16/h4-6,12H,7-8H2,1-3H3,(H,17,19,21). The van der Waals surface area contributed by atoms with Crippen molar-refractivity contribution < 1.29 is 4.79 Å². The maximum atomic E-state index is 12.4. The lowest BCUT2D eigenvalue weighted by Gasteiger charge is -2.14. The van der Waals surface area contributed by atoms with Gasteiger partial charge in [-0.05, 0) is 32.9 Å². The molecule has 23 heavy (non-hydrogen) atoms. The minimum Gasteiger partial charge on any atom is -0.311 e. The summed E-state index contributed by atoms with van der Waals surface area (Å²) in [5.74, 6) is 1.07. The summed E-state index contributed by atoms with van der Waals surface area (Å²) < 4.78 is 1.65. The van der Waals surface area contributed by atoms with E-state index in [2.05, 4.69) is 15.3 Å². The molecule has 0 saturated carbocycles. The monoisotopic (exact) mass is 330 g/mol. The number of hydrogen-bond donors (Lipinski definition) is 1. The minimum atomic E-state index is -0.167. The van der Waals surface area contributed by atoms with E-state index in [1.54, 1.807) is 17.6 Å². The molecule has 1 aliphatic rings. The summed E-state index contributed by atoms with van der Waals surface area (Å²) in [5, 5.41) is 3.49. The zero-order chi connectivity index (χ0) is 16.6. The zero-order valence-corrected chi connectivity index (χ0v) is 14.1. The molecule has 0 fully saturated rings. The molecule has 1 N–H and O–H groups in total. The Morgan fingerprint density at radius 1 is 1.35 bits per heavy atom. The highest BCUT2D eigenvalue weighted by Gasteiger charge is 2.28. The summed E-state index contributed by atoms with van der Waals surface area (Å²) in [7, 11) is 0. The third kappa shape index (κ3) is 3.14. The van der Waals surface area contributed by atoms with Crippen LogP contribution in [0.2, 0.25) is 0 Å². The van der Waals surface area contributed by atoms with Crippen LogP contribution in [0.15, 0.2) is 28.2 Å². The third-order valence-electron chi connectivity index (χ3n) is 3.90. The number of rotatable bonds is 3. The molecule has 1 aliphatic heterocycles. The Bertz CT molecular complexity index is 831. The first-order valence-electron chi connectivity index (χ1n) is 7.41. The topological polar surface area (TPSA) is 76.9 Å². The first-order valence-corrected chi connectivity index (χ1v) is 8.40. The predicted molar refractivity (Wildman–Crippen MR) is 90.0 cm³/mol. The van der Waals surface area contributed by atoms with Gasteiger partial charge in [0.05, 0.1) is 6.04 Å². The number of amides is 1. The number of thioether (sulfide) groups is 1. The first-order chi connectivity index (χ1) is 11.0. The molecule has 0 aromatic carbocycles. The molecule has 2 aromatic heterocycles. The van der Waals surface area contributed by atoms with Crippen LogP contribution in [0.1, 0.15) is 29.4 Å². The van der Waals surface area contributed by atoms with Gasteiger partial charge in [0.15, 0.2) is 5.16 Å². The van der Waals surface area contributed by atoms with Crippen LogP contribution in [0.3, 0.4) is 0 Å². The molecule has 6 nitrogen and oxygen atoms in total. The Labute approximate surface area is 138 Å². The lowest BCUT2D eigenvalue weighted by molar-refractivity contribution is -0.116. The Morgan fingerprint density at radius 2 is 2.13 bits per heavy atom. The summed E-state index contributed by atoms with van der Waals surface area (Å²) in [6.45, 7) is 5.48. The van der Waals surface area contributed by atoms with E-state index in [4.69, 9.17) is 0 Å². The molecule has 0 saturated heterocycles. The first kappa shape index (κ1) is 15.7. The van der Waals surface area contributed by atoms with Crippen molar-refractivity contribution in [2.75, 3.05) is 11.1 Å². The van der Waals surface area contributed by atoms with Crippen molar-refractivity contribution >= 4 is 23.5 Å². The van der Waals surface area contributed by atoms with E-state index in [-0.39, 0.29) is 23.9 Å². The van der Waals surface area contributed by atoms with Crippen LogP contribution < -0.4 is 10.9 Å². The number of fused-ring (bicyclic) bond motifs is 1. The van der Waals surface area contributed by atoms with Gasteiger partial charge < -0.3 is 5.32 Å². The van der Waals surface area contributed by atoms with E-state index >= 15 is 0 Å². The maximum Gasteiger partial charge on any atom is 0.257 e. The molecule has 1 unspecified atom stereocenters. The maximum absolute atomic E-state index is 12.4. The molecule has 1 amide bonds. The van der Waals surface area contributed by atoms with Gasteiger partial charge in [-0.2, -0.15) is 0 Å². The van der Waals surface area contributed by atoms with Gasteiger partial charge in [-0.15, -0.1) is 0 Å². The summed E-state index contributed by atoms with van der Waals surface area (Å²) in [4.78, 5) is 33.4. The highest BCUT2D eigenvalue weighted by atomic mass is 32.2. The highest BCUT2D eigenvalue weighted by molar-refractivity contribution is 7.99. The molecule has 3 heterocycles. The fraction of sp³-hybridized carbons (Fsp3) is 0.375. The number of hydrogen-bond acceptors (Lipinski definition) is 5. The van der Waals surface area contributed by atoms with E-state index in [0.717, 1.165) is 11.4 Å². The van der Waals surface area contributed by atoms with E-state index in [9.17, 15) is 9.59 Å². The number of anilines is 1. The second kappa shape index (κ2) is 6.16. The van der Waals surface area contributed by atoms with Gasteiger partial charge in [-0.3, -0.25) is 14.2 Å². The second-order valence-electron chi connectivity index (χ2n) is 5.66. The fourth-order valence-corrected chi connectivity index (χ4v) is 3.72. The number of nitrogens with one attached hydrogen (secondary N) is 1. The van der Waals surface area contributed by atoms with Gasteiger partial charge in [0.1, 0.15) is 5.82 Å². The largest absolute Gasteiger partial charge is 0.311 e. The SMILES string of the molecule is Cc1cccc(NC(=O)CC2CSc3nc(C)c(C)c(=O)n32)n1. The van der Waals surface area contributed by atoms with Gasteiger partial charge in [0.25, 0.3) is 5.56 Å². The summed E-state index contributed by atoms with van der Waals surface area (Å²) in [6.07, 6.45) is 0.236. The Morgan fingerprint density at radius 3 is 2.87 bits per heavy atom. The van der Waals surface area contributed by atoms with Crippen LogP contribution in [0.4, 0.5) is 5.82 Å². The summed E-state index contributed by atoms with van der Waals surface area (Å²) >= 11 is 1.52. The van der Waals surface area contributed by atoms with Crippen molar-refractivity contribution in [2.24, 2.45) is 0 Å². The molecule has 0 radical (unpaired) electrons. The minimum absolute atomic E-state index is 0.0519. The molecular weight excluding hydrogens is 312 g/mol. The van der Waals surface area contributed by atoms with Gasteiger partial charge in [-0.1, -0.05) is 17.8 Å². The van der Waals surface area contributed by atoms with Gasteiger partial charge in [-0.25, -0.2) is 9.97 Å². The van der Waals surface area contributed by atoms with Crippen molar-refractivity contribution in [1.29, 1.82) is 0 Å². The number of aryl methyl sites for hydroxylation is 2. The van der Waals surface area contributed by atoms with Crippen LogP contribution in [0.5, 0.6) is 0 Å². The van der Waals surface area contributed by atoms with Crippen molar-refractivity contribution in [1.82, 2.24) is 14.5 Å². The normalized spacial score (nSPS) is 16.2. The molecule has 0 bridgehead atoms. The number of carbonyl (C=O) groups excluding carboxylic acids is 1. The third-order valence-corrected chi connectivity index (χ3v) is 5.00. The highest BCUT2D eigenvalue weighted by Crippen LogP contribution is 2.32. The number of pyridine rings is 1. The quantitative estimate of drug-likeness (QED) is 0.873. The van der Waals surface area contributed by atoms with Crippen LogP contribution in [0, 0.1) is 20.8 Å². The van der Waals surface area contributed by atoms with E-state index in [0.29, 0.717) is 22.3 Å². The molecular formula is C16H18N4O2S. The molecule has 3 rings (SSSR count). The van der Waals surface area contributed by atoms with Crippen LogP contribution in [-0.2, 0) is 4.79 Å². The van der Waals surface area contributed by atoms with Crippen LogP contribution >= 0.6 is 11.8 Å². The van der Waals surface area contributed by atoms with Crippen molar-refractivity contribution in [3.05, 3.63) is 45.5 Å². The van der Waals surface area contributed by atoms with Gasteiger partial charge >= 0.3 is 0 Å². The molecule has 120 valence electrons. The lowest BCUT2D eigenvalue weighted by Crippen LogP contribution is -2.29. The average molecular weight is 330 g/mol. The fourth-order valence-electron chi connectivity index (χ4n) is 2.54. The zero-order valence-electron chi connectivity index (χ0n) is 13.3. The lowest BCUT2D eigenvalue weighted by atomic mass is 10.2. The summed E-state index contributed by atoms with van der Waals surface area (Å²) in [5.41, 5.74) is 2.19. The van der Waals surface area contributed by atoms with E-state index < -0.39 is 0 Å². The smallest absolute Gasteiger partial charge is 0.257 e. The predicted octanol–water partition coefficient (Wildman–Crippen LogP) is 2.24. The Balaban J connectivity index is 1.77. The second-order valence-corrected chi connectivity index (χ2v) is 6.65. The molecule has 2 aromatic rings. The molecule has 0 spiro atoms. The number of nitrogens with zero attached hydrogens (tertiary/aromatic N) is 3. The Kier molecular flexibility index (Phi) is 4.21. The number of aromatic nitrogens is 3. The van der Waals surface area contributed by atoms with Crippen LogP contribution in [-0.4, -0.2) is 26.2 Å². The number of carbonyl (C=O) groups is 1. The van der Waals surface area contributed by atoms with Crippen molar-refractivity contribution in [3.8, 4) is 0 Å². The van der Waals surface area contributed by atoms with E-state index in [1.807, 2.05) is 26.0 Å². The molecule has 7 heteroatoms. The summed E-state index contributed by atoms with van der Waals surface area (Å²) in [6, 6.07) is 5.30. The average Bonchev–Trinajstić information content (AvgIpc) is 2.87. The van der Waals surface area contributed by atoms with E-state index in [1.165, 1.54) is 11.8 Å². The Hall–Kier alpha value is -2.15. The van der Waals surface area contributed by atoms with Crippen molar-refractivity contribution in [2.45, 2.75) is 38.4 Å². The van der Waals surface area contributed by atoms with Crippen molar-refractivity contribution in [3.63, 3.8) is 0 Å².